The van der Waals surface area contributed by atoms with Crippen molar-refractivity contribution in [2.45, 2.75) is 6.92 Å². The van der Waals surface area contributed by atoms with Crippen LogP contribution in [0.3, 0.4) is 0 Å². The molecule has 13 heavy (non-hydrogen) atoms. The van der Waals surface area contributed by atoms with Crippen LogP contribution < -0.4 is 0 Å². The molecular formula is C8H6N2O2S. The molecule has 4 nitrogen and oxygen atoms in total. The molecule has 66 valence electrons. The maximum absolute atomic E-state index is 10.7. The Morgan fingerprint density at radius 1 is 1.62 bits per heavy atom. The van der Waals surface area contributed by atoms with E-state index in [0.717, 1.165) is 10.2 Å². The van der Waals surface area contributed by atoms with Crippen LogP contribution in [0.1, 0.15) is 16.1 Å². The van der Waals surface area contributed by atoms with Gasteiger partial charge >= 0.3 is 5.97 Å². The molecule has 0 bridgehead atoms. The summed E-state index contributed by atoms with van der Waals surface area (Å²) >= 11 is 1.27. The van der Waals surface area contributed by atoms with Crippen molar-refractivity contribution >= 4 is 27.7 Å². The summed E-state index contributed by atoms with van der Waals surface area (Å²) in [6.45, 7) is 1.68. The lowest BCUT2D eigenvalue weighted by atomic mass is 10.2. The largest absolute Gasteiger partial charge is 0.478 e. The summed E-state index contributed by atoms with van der Waals surface area (Å²) in [4.78, 5) is 15.6. The van der Waals surface area contributed by atoms with Gasteiger partial charge in [-0.25, -0.2) is 9.78 Å². The summed E-state index contributed by atoms with van der Waals surface area (Å²) in [6.07, 6.45) is 1.62. The number of hydrogen-bond donors (Lipinski definition) is 1. The van der Waals surface area contributed by atoms with Crippen LogP contribution in [-0.4, -0.2) is 20.4 Å². The first-order valence-electron chi connectivity index (χ1n) is 3.64. The topological polar surface area (TPSA) is 63.1 Å². The molecule has 0 spiro atoms. The molecule has 2 heterocycles. The number of carbonyl (C=O) groups is 1. The zero-order chi connectivity index (χ0) is 9.42. The monoisotopic (exact) mass is 194 g/mol. The molecule has 0 saturated heterocycles. The van der Waals surface area contributed by atoms with E-state index in [4.69, 9.17) is 5.11 Å². The van der Waals surface area contributed by atoms with Gasteiger partial charge in [0, 0.05) is 5.39 Å². The van der Waals surface area contributed by atoms with Gasteiger partial charge in [0.05, 0.1) is 17.5 Å². The van der Waals surface area contributed by atoms with Crippen LogP contribution >= 0.6 is 11.5 Å². The molecule has 0 aliphatic heterocycles. The highest BCUT2D eigenvalue weighted by atomic mass is 32.1. The van der Waals surface area contributed by atoms with Crippen LogP contribution in [0.2, 0.25) is 0 Å². The molecule has 0 radical (unpaired) electrons. The molecule has 0 atom stereocenters. The Kier molecular flexibility index (Phi) is 1.73. The highest BCUT2D eigenvalue weighted by Crippen LogP contribution is 2.18. The number of carboxylic acid groups (broad SMARTS) is 1. The van der Waals surface area contributed by atoms with Gasteiger partial charge in [-0.05, 0) is 24.5 Å². The van der Waals surface area contributed by atoms with E-state index < -0.39 is 5.97 Å². The molecule has 0 amide bonds. The lowest BCUT2D eigenvalue weighted by Crippen LogP contribution is -2.00. The SMILES string of the molecule is Cc1nc2sncc2cc1C(=O)O. The van der Waals surface area contributed by atoms with Crippen molar-refractivity contribution < 1.29 is 9.90 Å². The minimum absolute atomic E-state index is 0.243. The zero-order valence-electron chi connectivity index (χ0n) is 6.81. The predicted molar refractivity (Wildman–Crippen MR) is 49.1 cm³/mol. The van der Waals surface area contributed by atoms with Gasteiger partial charge in [-0.15, -0.1) is 0 Å². The van der Waals surface area contributed by atoms with Gasteiger partial charge in [0.15, 0.2) is 0 Å². The van der Waals surface area contributed by atoms with E-state index in [1.54, 1.807) is 19.2 Å². The summed E-state index contributed by atoms with van der Waals surface area (Å²) in [5.74, 6) is -0.946. The quantitative estimate of drug-likeness (QED) is 0.750. The summed E-state index contributed by atoms with van der Waals surface area (Å²) in [5.41, 5.74) is 0.775. The fraction of sp³-hybridized carbons (Fsp3) is 0.125. The lowest BCUT2D eigenvalue weighted by molar-refractivity contribution is 0.0696. The van der Waals surface area contributed by atoms with Crippen LogP contribution in [0.5, 0.6) is 0 Å². The van der Waals surface area contributed by atoms with Crippen molar-refractivity contribution in [1.82, 2.24) is 9.36 Å². The van der Waals surface area contributed by atoms with Crippen LogP contribution in [0.15, 0.2) is 12.3 Å². The average molecular weight is 194 g/mol. The van der Waals surface area contributed by atoms with E-state index in [9.17, 15) is 4.79 Å². The number of nitrogens with zero attached hydrogens (tertiary/aromatic N) is 2. The van der Waals surface area contributed by atoms with Crippen LogP contribution in [0, 0.1) is 6.92 Å². The Balaban J connectivity index is 2.76. The van der Waals surface area contributed by atoms with E-state index in [2.05, 4.69) is 9.36 Å². The number of fused-ring (bicyclic) bond motifs is 1. The number of aromatic nitrogens is 2. The number of aromatic carboxylic acids is 1. The Labute approximate surface area is 78.0 Å². The van der Waals surface area contributed by atoms with Crippen LogP contribution in [0.4, 0.5) is 0 Å². The fourth-order valence-corrected chi connectivity index (χ4v) is 1.77. The number of aryl methyl sites for hydroxylation is 1. The Morgan fingerprint density at radius 3 is 3.08 bits per heavy atom. The summed E-state index contributed by atoms with van der Waals surface area (Å²) in [7, 11) is 0. The first kappa shape index (κ1) is 8.12. The molecule has 0 saturated carbocycles. The Morgan fingerprint density at radius 2 is 2.38 bits per heavy atom. The highest BCUT2D eigenvalue weighted by molar-refractivity contribution is 7.12. The van der Waals surface area contributed by atoms with Crippen molar-refractivity contribution in [2.75, 3.05) is 0 Å². The van der Waals surface area contributed by atoms with Crippen molar-refractivity contribution in [3.63, 3.8) is 0 Å². The summed E-state index contributed by atoms with van der Waals surface area (Å²) < 4.78 is 3.93. The second-order valence-electron chi connectivity index (χ2n) is 2.65. The van der Waals surface area contributed by atoms with Crippen molar-refractivity contribution in [2.24, 2.45) is 0 Å². The first-order chi connectivity index (χ1) is 6.18. The van der Waals surface area contributed by atoms with Crippen molar-refractivity contribution in [1.29, 1.82) is 0 Å². The molecule has 0 fully saturated rings. The third-order valence-electron chi connectivity index (χ3n) is 1.77. The molecule has 2 rings (SSSR count). The van der Waals surface area contributed by atoms with Gasteiger partial charge in [-0.2, -0.15) is 4.37 Å². The van der Waals surface area contributed by atoms with Crippen molar-refractivity contribution in [3.05, 3.63) is 23.5 Å². The third-order valence-corrected chi connectivity index (χ3v) is 2.48. The second-order valence-corrected chi connectivity index (χ2v) is 3.43. The van der Waals surface area contributed by atoms with E-state index in [1.165, 1.54) is 11.5 Å². The van der Waals surface area contributed by atoms with E-state index >= 15 is 0 Å². The van der Waals surface area contributed by atoms with Crippen molar-refractivity contribution in [3.8, 4) is 0 Å². The number of hydrogen-bond acceptors (Lipinski definition) is 4. The van der Waals surface area contributed by atoms with E-state index in [1.807, 2.05) is 0 Å². The first-order valence-corrected chi connectivity index (χ1v) is 4.41. The predicted octanol–water partition coefficient (Wildman–Crippen LogP) is 1.70. The van der Waals surface area contributed by atoms with Gasteiger partial charge in [-0.1, -0.05) is 0 Å². The van der Waals surface area contributed by atoms with Gasteiger partial charge in [-0.3, -0.25) is 0 Å². The smallest absolute Gasteiger partial charge is 0.337 e. The molecule has 0 aromatic carbocycles. The lowest BCUT2D eigenvalue weighted by Gasteiger charge is -1.98. The molecule has 0 aliphatic rings. The Hall–Kier alpha value is -1.49. The van der Waals surface area contributed by atoms with Crippen LogP contribution in [-0.2, 0) is 0 Å². The number of carboxylic acids is 1. The Bertz CT molecular complexity index is 478. The standard InChI is InChI=1S/C8H6N2O2S/c1-4-6(8(11)12)2-5-3-9-13-7(5)10-4/h2-3H,1H3,(H,11,12). The second kappa shape index (κ2) is 2.77. The van der Waals surface area contributed by atoms with Gasteiger partial charge in [0.1, 0.15) is 4.83 Å². The van der Waals surface area contributed by atoms with Crippen LogP contribution in [0.25, 0.3) is 10.2 Å². The summed E-state index contributed by atoms with van der Waals surface area (Å²) in [5, 5.41) is 9.59. The molecule has 0 unspecified atom stereocenters. The number of pyridine rings is 1. The molecule has 5 heteroatoms. The fourth-order valence-electron chi connectivity index (χ4n) is 1.11. The zero-order valence-corrected chi connectivity index (χ0v) is 7.63. The molecule has 2 aromatic rings. The molecule has 0 aliphatic carbocycles. The molecular weight excluding hydrogens is 188 g/mol. The van der Waals surface area contributed by atoms with Gasteiger partial charge in [0.2, 0.25) is 0 Å². The average Bonchev–Trinajstić information content (AvgIpc) is 2.48. The van der Waals surface area contributed by atoms with E-state index in [-0.39, 0.29) is 5.56 Å². The maximum Gasteiger partial charge on any atom is 0.337 e. The molecule has 2 aromatic heterocycles. The van der Waals surface area contributed by atoms with Gasteiger partial charge in [0.25, 0.3) is 0 Å². The minimum atomic E-state index is -0.946. The summed E-state index contributed by atoms with van der Waals surface area (Å²) in [6, 6.07) is 1.60. The number of rotatable bonds is 1. The van der Waals surface area contributed by atoms with Gasteiger partial charge < -0.3 is 5.11 Å². The minimum Gasteiger partial charge on any atom is -0.478 e. The third kappa shape index (κ3) is 1.27. The van der Waals surface area contributed by atoms with E-state index in [0.29, 0.717) is 5.69 Å². The molecule has 1 N–H and O–H groups in total. The normalized spacial score (nSPS) is 10.5. The maximum atomic E-state index is 10.7. The highest BCUT2D eigenvalue weighted by Gasteiger charge is 2.10.